The molecule has 0 bridgehead atoms. The lowest BCUT2D eigenvalue weighted by Gasteiger charge is -2.14. The highest BCUT2D eigenvalue weighted by atomic mass is 14.9. The summed E-state index contributed by atoms with van der Waals surface area (Å²) < 4.78 is 0. The van der Waals surface area contributed by atoms with Gasteiger partial charge in [0.1, 0.15) is 0 Å². The Hall–Kier alpha value is -4.56. The second-order valence-electron chi connectivity index (χ2n) is 9.19. The molecule has 4 N–H and O–H groups in total. The van der Waals surface area contributed by atoms with Crippen molar-refractivity contribution in [3.63, 3.8) is 0 Å². The van der Waals surface area contributed by atoms with E-state index in [1.165, 1.54) is 11.1 Å². The van der Waals surface area contributed by atoms with Crippen molar-refractivity contribution in [3.05, 3.63) is 119 Å². The van der Waals surface area contributed by atoms with Crippen molar-refractivity contribution < 1.29 is 0 Å². The molecule has 0 amide bonds. The van der Waals surface area contributed by atoms with Crippen LogP contribution in [0.25, 0.3) is 6.08 Å². The first-order valence-corrected chi connectivity index (χ1v) is 13.4. The molecule has 0 saturated carbocycles. The monoisotopic (exact) mass is 535 g/mol. The van der Waals surface area contributed by atoms with Crippen LogP contribution >= 0.6 is 0 Å². The molecule has 0 spiro atoms. The molecule has 0 unspecified atom stereocenters. The van der Waals surface area contributed by atoms with E-state index in [9.17, 15) is 0 Å². The van der Waals surface area contributed by atoms with Gasteiger partial charge in [-0.15, -0.1) is 12.8 Å². The highest BCUT2D eigenvalue weighted by Gasteiger charge is 2.12. The van der Waals surface area contributed by atoms with Crippen LogP contribution in [0.2, 0.25) is 0 Å². The number of terminal acetylenes is 1. The molecule has 0 saturated heterocycles. The van der Waals surface area contributed by atoms with Crippen molar-refractivity contribution in [2.24, 2.45) is 15.7 Å². The van der Waals surface area contributed by atoms with E-state index in [1.807, 2.05) is 58.9 Å². The molecule has 1 aliphatic heterocycles. The number of hydrogen-bond donors (Lipinski definition) is 3. The fourth-order valence-electron chi connectivity index (χ4n) is 3.66. The summed E-state index contributed by atoms with van der Waals surface area (Å²) in [7, 11) is 0. The first-order valence-electron chi connectivity index (χ1n) is 13.4. The maximum absolute atomic E-state index is 5.98. The van der Waals surface area contributed by atoms with Crippen LogP contribution in [0.1, 0.15) is 63.8 Å². The topological polar surface area (TPSA) is 74.8 Å². The maximum atomic E-state index is 5.98. The van der Waals surface area contributed by atoms with Gasteiger partial charge in [-0.25, -0.2) is 4.99 Å². The Kier molecular flexibility index (Phi) is 14.3. The highest BCUT2D eigenvalue weighted by Crippen LogP contribution is 2.27. The minimum atomic E-state index is 0.631. The predicted octanol–water partition coefficient (Wildman–Crippen LogP) is 7.76. The van der Waals surface area contributed by atoms with E-state index in [4.69, 9.17) is 10.7 Å². The summed E-state index contributed by atoms with van der Waals surface area (Å²) in [6, 6.07) is 14.7. The molecule has 1 heterocycles. The molecule has 0 aromatic heterocycles. The summed E-state index contributed by atoms with van der Waals surface area (Å²) in [5, 5.41) is 6.82. The van der Waals surface area contributed by atoms with Gasteiger partial charge in [-0.05, 0) is 67.7 Å². The van der Waals surface area contributed by atoms with Gasteiger partial charge in [0.05, 0.1) is 22.8 Å². The first kappa shape index (κ1) is 33.5. The van der Waals surface area contributed by atoms with Crippen LogP contribution in [-0.4, -0.2) is 11.4 Å². The van der Waals surface area contributed by atoms with Crippen molar-refractivity contribution in [3.8, 4) is 12.8 Å². The van der Waals surface area contributed by atoms with Crippen molar-refractivity contribution in [1.82, 2.24) is 10.6 Å². The molecule has 5 nitrogen and oxygen atoms in total. The summed E-state index contributed by atoms with van der Waals surface area (Å²) in [4.78, 5) is 9.37. The Labute approximate surface area is 242 Å². The minimum Gasteiger partial charge on any atom is -0.401 e. The van der Waals surface area contributed by atoms with Crippen LogP contribution < -0.4 is 16.4 Å². The number of rotatable bonds is 11. The number of benzene rings is 2. The van der Waals surface area contributed by atoms with Gasteiger partial charge in [-0.3, -0.25) is 4.99 Å². The van der Waals surface area contributed by atoms with Crippen LogP contribution in [0, 0.1) is 12.8 Å². The number of fused-ring (bicyclic) bond motifs is 1. The minimum absolute atomic E-state index is 0.631. The fraction of sp³-hybridized carbons (Fsp3) is 0.257. The largest absolute Gasteiger partial charge is 0.401 e. The molecule has 5 heteroatoms. The summed E-state index contributed by atoms with van der Waals surface area (Å²) in [6.45, 7) is 25.4. The van der Waals surface area contributed by atoms with E-state index in [0.717, 1.165) is 45.9 Å². The molecular formula is C35H45N5. The zero-order valence-electron chi connectivity index (χ0n) is 25.1. The molecule has 3 rings (SSSR count). The Morgan fingerprint density at radius 3 is 2.15 bits per heavy atom. The lowest BCUT2D eigenvalue weighted by molar-refractivity contribution is 0.822. The summed E-state index contributed by atoms with van der Waals surface area (Å²) in [6.07, 6.45) is 12.8. The second-order valence-corrected chi connectivity index (χ2v) is 9.19. The van der Waals surface area contributed by atoms with E-state index in [-0.39, 0.29) is 0 Å². The standard InChI is InChI=1S/C31H37N5.C2H6.C2H2/c1-8-26-9-11-27(12-10-26)18-34-25(7)30(36-24(6)22(4)32)15-20(2)23(5)33-19-28-13-14-29-16-21(3)35-31(29)17-28;2*1-2/h8-15,17,33-34H,1,5,7,16,18-19,32H2,2-4,6H3;1-2H3;1-2H/b20-15+,24-22-,36-30-;;. The van der Waals surface area contributed by atoms with E-state index >= 15 is 0 Å². The molecule has 210 valence electrons. The molecule has 2 aromatic rings. The van der Waals surface area contributed by atoms with Crippen LogP contribution in [-0.2, 0) is 19.5 Å². The van der Waals surface area contributed by atoms with Gasteiger partial charge in [0, 0.05) is 36.6 Å². The lowest BCUT2D eigenvalue weighted by Crippen LogP contribution is -2.20. The van der Waals surface area contributed by atoms with Crippen LogP contribution in [0.4, 0.5) is 5.69 Å². The summed E-state index contributed by atoms with van der Waals surface area (Å²) in [5.41, 5.74) is 17.5. The number of nitrogens with one attached hydrogen (secondary N) is 2. The Morgan fingerprint density at radius 2 is 1.55 bits per heavy atom. The third kappa shape index (κ3) is 10.3. The molecule has 0 aliphatic carbocycles. The zero-order valence-corrected chi connectivity index (χ0v) is 25.1. The third-order valence-electron chi connectivity index (χ3n) is 6.13. The lowest BCUT2D eigenvalue weighted by atomic mass is 10.1. The van der Waals surface area contributed by atoms with Crippen LogP contribution in [0.15, 0.2) is 107 Å². The average Bonchev–Trinajstić information content (AvgIpc) is 3.35. The number of aliphatic imine (C=N–C) groups is 2. The molecular weight excluding hydrogens is 490 g/mol. The number of nitrogens with two attached hydrogens (primary N) is 1. The van der Waals surface area contributed by atoms with Gasteiger partial charge in [-0.2, -0.15) is 0 Å². The fourth-order valence-corrected chi connectivity index (χ4v) is 3.66. The van der Waals surface area contributed by atoms with Crippen molar-refractivity contribution in [2.45, 2.75) is 61.1 Å². The van der Waals surface area contributed by atoms with Gasteiger partial charge < -0.3 is 16.4 Å². The molecule has 40 heavy (non-hydrogen) atoms. The molecule has 2 aromatic carbocycles. The maximum Gasteiger partial charge on any atom is 0.0862 e. The van der Waals surface area contributed by atoms with Crippen molar-refractivity contribution in [1.29, 1.82) is 0 Å². The summed E-state index contributed by atoms with van der Waals surface area (Å²) in [5.74, 6) is 0. The zero-order chi connectivity index (χ0) is 30.2. The number of allylic oxidation sites excluding steroid dienone is 4. The number of nitrogens with zero attached hydrogens (tertiary/aromatic N) is 2. The average molecular weight is 536 g/mol. The van der Waals surface area contributed by atoms with Crippen LogP contribution in [0.3, 0.4) is 0 Å². The Morgan fingerprint density at radius 1 is 0.975 bits per heavy atom. The molecule has 0 atom stereocenters. The second kappa shape index (κ2) is 17.1. The van der Waals surface area contributed by atoms with Gasteiger partial charge in [0.15, 0.2) is 0 Å². The predicted molar refractivity (Wildman–Crippen MR) is 176 cm³/mol. The van der Waals surface area contributed by atoms with Crippen molar-refractivity contribution >= 4 is 23.2 Å². The molecule has 0 radical (unpaired) electrons. The quantitative estimate of drug-likeness (QED) is 0.156. The van der Waals surface area contributed by atoms with E-state index < -0.39 is 0 Å². The normalized spacial score (nSPS) is 12.8. The first-order chi connectivity index (χ1) is 19.2. The van der Waals surface area contributed by atoms with E-state index in [2.05, 4.69) is 85.5 Å². The smallest absolute Gasteiger partial charge is 0.0862 e. The Balaban J connectivity index is 0.00000191. The van der Waals surface area contributed by atoms with Gasteiger partial charge in [-0.1, -0.05) is 76.1 Å². The number of hydrogen-bond acceptors (Lipinski definition) is 5. The molecule has 0 fully saturated rings. The third-order valence-corrected chi connectivity index (χ3v) is 6.13. The van der Waals surface area contributed by atoms with Crippen LogP contribution in [0.5, 0.6) is 0 Å². The van der Waals surface area contributed by atoms with Gasteiger partial charge in [0.2, 0.25) is 0 Å². The molecule has 1 aliphatic rings. The van der Waals surface area contributed by atoms with Gasteiger partial charge >= 0.3 is 0 Å². The van der Waals surface area contributed by atoms with Crippen molar-refractivity contribution in [2.75, 3.05) is 0 Å². The van der Waals surface area contributed by atoms with Gasteiger partial charge in [0.25, 0.3) is 0 Å². The highest BCUT2D eigenvalue weighted by molar-refractivity contribution is 6.08. The SMILES string of the molecule is C#C.C=Cc1ccc(CNC(=C)C(/C=C(\C)C(=C)NCc2ccc3c(c2)N=C(C)C3)=N\C(C)=C(\C)N)cc1.CC. The van der Waals surface area contributed by atoms with E-state index in [0.29, 0.717) is 30.2 Å². The van der Waals surface area contributed by atoms with E-state index in [1.54, 1.807) is 0 Å². The summed E-state index contributed by atoms with van der Waals surface area (Å²) >= 11 is 0. The Bertz CT molecular complexity index is 1330.